The molecule has 4 rings (SSSR count). The number of likely N-dealkylation sites (tertiary alicyclic amines) is 1. The minimum atomic E-state index is -1.53. The van der Waals surface area contributed by atoms with E-state index in [-0.39, 0.29) is 58.0 Å². The lowest BCUT2D eigenvalue weighted by Gasteiger charge is -2.51. The average molecular weight is 610 g/mol. The predicted molar refractivity (Wildman–Crippen MR) is 146 cm³/mol. The first-order valence-corrected chi connectivity index (χ1v) is 14.4. The number of nitrogen functional groups attached to an aromatic ring is 1. The number of thiazole rings is 1. The molecular weight excluding hydrogens is 578 g/mol. The molecule has 0 bridgehead atoms. The molecule has 222 valence electrons. The maximum absolute atomic E-state index is 13.2. The zero-order valence-corrected chi connectivity index (χ0v) is 24.7. The largest absolute Gasteiger partial charge is 0.543 e. The Morgan fingerprint density at radius 2 is 1.95 bits per heavy atom. The summed E-state index contributed by atoms with van der Waals surface area (Å²) in [6.07, 6.45) is 0. The van der Waals surface area contributed by atoms with Gasteiger partial charge in [0.05, 0.1) is 38.9 Å². The van der Waals surface area contributed by atoms with Crippen LogP contribution in [-0.4, -0.2) is 127 Å². The van der Waals surface area contributed by atoms with Crippen molar-refractivity contribution in [1.82, 2.24) is 20.1 Å². The zero-order chi connectivity index (χ0) is 30.2. The van der Waals surface area contributed by atoms with Gasteiger partial charge in [0.15, 0.2) is 10.8 Å². The highest BCUT2D eigenvalue weighted by atomic mass is 32.2. The van der Waals surface area contributed by atoms with Gasteiger partial charge in [-0.15, -0.1) is 23.1 Å². The number of esters is 1. The Morgan fingerprint density at radius 3 is 2.51 bits per heavy atom. The van der Waals surface area contributed by atoms with Gasteiger partial charge in [-0.25, -0.2) is 4.98 Å². The number of aliphatic carboxylic acids is 1. The van der Waals surface area contributed by atoms with Gasteiger partial charge in [-0.1, -0.05) is 5.16 Å². The van der Waals surface area contributed by atoms with Crippen molar-refractivity contribution in [2.75, 3.05) is 66.5 Å². The van der Waals surface area contributed by atoms with Crippen molar-refractivity contribution in [3.05, 3.63) is 22.3 Å². The number of carbonyl (C=O) groups is 5. The van der Waals surface area contributed by atoms with E-state index in [9.17, 15) is 29.1 Å². The third-order valence-electron chi connectivity index (χ3n) is 7.28. The van der Waals surface area contributed by atoms with Gasteiger partial charge in [0.1, 0.15) is 42.6 Å². The number of methoxy groups -OCH3 is 1. The van der Waals surface area contributed by atoms with E-state index in [0.717, 1.165) is 16.2 Å². The first-order chi connectivity index (χ1) is 19.3. The number of quaternary nitrogens is 1. The molecule has 41 heavy (non-hydrogen) atoms. The molecule has 3 aliphatic heterocycles. The average Bonchev–Trinajstić information content (AvgIpc) is 3.51. The van der Waals surface area contributed by atoms with Crippen LogP contribution in [0.15, 0.2) is 21.8 Å². The quantitative estimate of drug-likeness (QED) is 0.0982. The number of oxime groups is 1. The van der Waals surface area contributed by atoms with Crippen LogP contribution >= 0.6 is 23.1 Å². The van der Waals surface area contributed by atoms with Crippen LogP contribution < -0.4 is 16.2 Å². The Bertz CT molecular complexity index is 1340. The first kappa shape index (κ1) is 30.3. The molecule has 3 unspecified atom stereocenters. The number of carboxylic acid groups (broad SMARTS) is 1. The van der Waals surface area contributed by atoms with Gasteiger partial charge in [0.25, 0.3) is 11.8 Å². The van der Waals surface area contributed by atoms with Crippen molar-refractivity contribution in [2.45, 2.75) is 11.4 Å². The van der Waals surface area contributed by atoms with E-state index in [4.69, 9.17) is 15.3 Å². The number of thioether (sulfide) groups is 1. The van der Waals surface area contributed by atoms with Crippen molar-refractivity contribution in [1.29, 1.82) is 0 Å². The van der Waals surface area contributed by atoms with E-state index >= 15 is 0 Å². The number of aromatic nitrogens is 1. The first-order valence-electron chi connectivity index (χ1n) is 12.5. The Kier molecular flexibility index (Phi) is 8.60. The molecular formula is C24H31N7O8S2. The molecule has 0 spiro atoms. The molecule has 3 N–H and O–H groups in total. The van der Waals surface area contributed by atoms with E-state index in [1.807, 2.05) is 7.05 Å². The second-order valence-electron chi connectivity index (χ2n) is 10.4. The maximum Gasteiger partial charge on any atom is 0.315 e. The fourth-order valence-electron chi connectivity index (χ4n) is 5.54. The second kappa shape index (κ2) is 11.7. The summed E-state index contributed by atoms with van der Waals surface area (Å²) in [6.45, 7) is 0.707. The van der Waals surface area contributed by atoms with Crippen LogP contribution in [0.5, 0.6) is 0 Å². The SMILES string of the molecule is CO/N=C(\C(=O)N[C@@H]1C(=O)N2C(C(=O)[O-])=C(C[N+]3(C)CC(C(=O)OC)C(C(=O)N(C)C)C3)CS[C@H]12)c1csc(N)n1. The number of likely N-dealkylation sites (N-methyl/N-ethyl adjacent to an activating group) is 1. The fraction of sp³-hybridized carbons (Fsp3) is 0.542. The number of carbonyl (C=O) groups excluding carboxylic acids is 5. The number of nitrogens with two attached hydrogens (primary N) is 1. The van der Waals surface area contributed by atoms with E-state index in [1.165, 1.54) is 36.3 Å². The summed E-state index contributed by atoms with van der Waals surface area (Å²) >= 11 is 2.39. The minimum Gasteiger partial charge on any atom is -0.543 e. The standard InChI is InChI=1S/C24H31N7O8S2/c1-29(2)19(33)12-7-31(3,8-13(12)23(37)38-4)6-11-9-40-21-16(20(34)30(21)17(11)22(35)36)27-18(32)15(28-39-5)14-10-41-24(25)26-14/h10,12-13,16,21H,6-9H2,1-5H3,(H3-,25,26,27,32,35,36)/b28-15-/t12?,13?,16-,21-,31?/m1/s1. The number of rotatable bonds is 9. The number of β-lactam (4-membered cyclic amide) rings is 1. The zero-order valence-electron chi connectivity index (χ0n) is 23.1. The van der Waals surface area contributed by atoms with Crippen LogP contribution in [-0.2, 0) is 33.5 Å². The Labute approximate surface area is 243 Å². The lowest BCUT2D eigenvalue weighted by molar-refractivity contribution is -0.894. The van der Waals surface area contributed by atoms with Crippen LogP contribution in [0.25, 0.3) is 0 Å². The molecule has 17 heteroatoms. The lowest BCUT2D eigenvalue weighted by Crippen LogP contribution is -2.71. The topological polar surface area (TPSA) is 197 Å². The summed E-state index contributed by atoms with van der Waals surface area (Å²) in [5.74, 6) is -4.72. The number of ether oxygens (including phenoxy) is 1. The van der Waals surface area contributed by atoms with Gasteiger partial charge in [0.2, 0.25) is 5.91 Å². The van der Waals surface area contributed by atoms with E-state index in [2.05, 4.69) is 15.5 Å². The molecule has 0 aromatic carbocycles. The van der Waals surface area contributed by atoms with Crippen molar-refractivity contribution in [3.8, 4) is 0 Å². The molecule has 1 aromatic rings. The van der Waals surface area contributed by atoms with Gasteiger partial charge >= 0.3 is 5.97 Å². The highest BCUT2D eigenvalue weighted by Crippen LogP contribution is 2.42. The Balaban J connectivity index is 1.54. The van der Waals surface area contributed by atoms with Gasteiger partial charge in [-0.2, -0.15) is 0 Å². The van der Waals surface area contributed by atoms with Gasteiger partial charge in [-0.05, 0) is 0 Å². The number of nitrogens with zero attached hydrogens (tertiary/aromatic N) is 5. The molecule has 3 aliphatic rings. The molecule has 3 amide bonds. The molecule has 5 atom stereocenters. The van der Waals surface area contributed by atoms with Crippen LogP contribution in [0.1, 0.15) is 5.69 Å². The van der Waals surface area contributed by atoms with E-state index in [1.54, 1.807) is 14.1 Å². The number of fused-ring (bicyclic) bond motifs is 1. The number of amides is 3. The molecule has 0 radical (unpaired) electrons. The fourth-order valence-corrected chi connectivity index (χ4v) is 7.42. The Morgan fingerprint density at radius 1 is 1.27 bits per heavy atom. The number of hydrogen-bond donors (Lipinski definition) is 2. The van der Waals surface area contributed by atoms with Gasteiger partial charge < -0.3 is 39.9 Å². The van der Waals surface area contributed by atoms with Gasteiger partial charge in [0, 0.05) is 30.8 Å². The van der Waals surface area contributed by atoms with Crippen molar-refractivity contribution >= 4 is 63.6 Å². The molecule has 4 heterocycles. The molecule has 15 nitrogen and oxygen atoms in total. The molecule has 2 fully saturated rings. The van der Waals surface area contributed by atoms with E-state index in [0.29, 0.717) is 5.57 Å². The summed E-state index contributed by atoms with van der Waals surface area (Å²) in [5.41, 5.74) is 5.82. The maximum atomic E-state index is 13.2. The van der Waals surface area contributed by atoms with Crippen molar-refractivity contribution < 1.29 is 43.1 Å². The molecule has 0 aliphatic carbocycles. The number of carboxylic acids is 1. The van der Waals surface area contributed by atoms with Crippen molar-refractivity contribution in [2.24, 2.45) is 17.0 Å². The highest BCUT2D eigenvalue weighted by molar-refractivity contribution is 8.00. The van der Waals surface area contributed by atoms with E-state index < -0.39 is 47.0 Å². The molecule has 0 saturated carbocycles. The van der Waals surface area contributed by atoms with Crippen LogP contribution in [0.2, 0.25) is 0 Å². The minimum absolute atomic E-state index is 0.170. The summed E-state index contributed by atoms with van der Waals surface area (Å²) in [4.78, 5) is 75.2. The predicted octanol–water partition coefficient (Wildman–Crippen LogP) is -2.57. The number of nitrogens with one attached hydrogen (secondary N) is 1. The summed E-state index contributed by atoms with van der Waals surface area (Å²) in [6, 6.07) is -1.02. The Hall–Kier alpha value is -3.70. The normalized spacial score (nSPS) is 27.6. The highest BCUT2D eigenvalue weighted by Gasteiger charge is 2.55. The smallest absolute Gasteiger partial charge is 0.315 e. The monoisotopic (exact) mass is 609 g/mol. The summed E-state index contributed by atoms with van der Waals surface area (Å²) in [7, 11) is 7.56. The van der Waals surface area contributed by atoms with Crippen molar-refractivity contribution in [3.63, 3.8) is 0 Å². The number of hydrogen-bond acceptors (Lipinski definition) is 13. The second-order valence-corrected chi connectivity index (χ2v) is 12.4. The van der Waals surface area contributed by atoms with Crippen LogP contribution in [0, 0.1) is 11.8 Å². The lowest BCUT2D eigenvalue weighted by atomic mass is 9.95. The van der Waals surface area contributed by atoms with Crippen LogP contribution in [0.3, 0.4) is 0 Å². The third-order valence-corrected chi connectivity index (χ3v) is 9.30. The molecule has 2 saturated heterocycles. The molecule has 1 aromatic heterocycles. The summed E-state index contributed by atoms with van der Waals surface area (Å²) < 4.78 is 5.13. The van der Waals surface area contributed by atoms with Crippen LogP contribution in [0.4, 0.5) is 5.13 Å². The number of anilines is 1. The third kappa shape index (κ3) is 5.73. The van der Waals surface area contributed by atoms with Gasteiger partial charge in [-0.3, -0.25) is 24.1 Å². The summed E-state index contributed by atoms with van der Waals surface area (Å²) in [5, 5.41) is 19.7.